The first-order chi connectivity index (χ1) is 9.97. The van der Waals surface area contributed by atoms with Gasteiger partial charge in [-0.25, -0.2) is 4.79 Å². The molecule has 3 nitrogen and oxygen atoms in total. The van der Waals surface area contributed by atoms with Crippen LogP contribution in [0.1, 0.15) is 11.1 Å². The summed E-state index contributed by atoms with van der Waals surface area (Å²) in [5.74, 6) is -0.464. The Morgan fingerprint density at radius 1 is 1.19 bits per heavy atom. The predicted molar refractivity (Wildman–Crippen MR) is 83.4 cm³/mol. The maximum absolute atomic E-state index is 11.4. The molecule has 0 heterocycles. The lowest BCUT2D eigenvalue weighted by Gasteiger charge is -2.17. The van der Waals surface area contributed by atoms with Gasteiger partial charge in [0.05, 0.1) is 10.0 Å². The van der Waals surface area contributed by atoms with Crippen molar-refractivity contribution < 1.29 is 14.6 Å². The van der Waals surface area contributed by atoms with E-state index in [9.17, 15) is 9.90 Å². The quantitative estimate of drug-likeness (QED) is 0.887. The standard InChI is InChI=1S/C16H14Cl2O3/c1-10-4-2-3-5-14(10)21-15(16(19)20)9-11-6-7-12(17)13(18)8-11/h2-8,15H,9H2,1H3,(H,19,20). The summed E-state index contributed by atoms with van der Waals surface area (Å²) < 4.78 is 5.61. The fraction of sp³-hybridized carbons (Fsp3) is 0.188. The molecule has 0 saturated heterocycles. The van der Waals surface area contributed by atoms with Crippen molar-refractivity contribution in [1.82, 2.24) is 0 Å². The molecule has 1 atom stereocenters. The zero-order valence-electron chi connectivity index (χ0n) is 11.3. The topological polar surface area (TPSA) is 46.5 Å². The number of carboxylic acid groups (broad SMARTS) is 1. The van der Waals surface area contributed by atoms with Crippen LogP contribution in [0.4, 0.5) is 0 Å². The molecule has 0 aliphatic heterocycles. The van der Waals surface area contributed by atoms with E-state index in [2.05, 4.69) is 0 Å². The summed E-state index contributed by atoms with van der Waals surface area (Å²) in [7, 11) is 0. The van der Waals surface area contributed by atoms with E-state index in [1.165, 1.54) is 0 Å². The molecule has 1 N–H and O–H groups in total. The number of halogens is 2. The molecule has 0 bridgehead atoms. The number of hydrogen-bond donors (Lipinski definition) is 1. The summed E-state index contributed by atoms with van der Waals surface area (Å²) in [6.07, 6.45) is -0.774. The van der Waals surface area contributed by atoms with Crippen LogP contribution in [0, 0.1) is 6.92 Å². The zero-order valence-corrected chi connectivity index (χ0v) is 12.9. The molecule has 0 aliphatic carbocycles. The normalized spacial score (nSPS) is 12.0. The fourth-order valence-electron chi connectivity index (χ4n) is 1.90. The highest BCUT2D eigenvalue weighted by molar-refractivity contribution is 6.42. The average Bonchev–Trinajstić information content (AvgIpc) is 2.44. The molecule has 110 valence electrons. The highest BCUT2D eigenvalue weighted by Gasteiger charge is 2.21. The molecule has 0 aromatic heterocycles. The number of aliphatic carboxylic acids is 1. The number of ether oxygens (including phenoxy) is 1. The maximum atomic E-state index is 11.4. The second kappa shape index (κ2) is 6.83. The van der Waals surface area contributed by atoms with Crippen molar-refractivity contribution in [2.45, 2.75) is 19.4 Å². The largest absolute Gasteiger partial charge is 0.478 e. The Bertz CT molecular complexity index is 656. The van der Waals surface area contributed by atoms with E-state index in [0.717, 1.165) is 11.1 Å². The Balaban J connectivity index is 2.18. The Hall–Kier alpha value is -1.71. The van der Waals surface area contributed by atoms with Crippen LogP contribution >= 0.6 is 23.2 Å². The zero-order chi connectivity index (χ0) is 15.4. The first-order valence-electron chi connectivity index (χ1n) is 6.36. The van der Waals surface area contributed by atoms with Crippen molar-refractivity contribution in [3.05, 3.63) is 63.6 Å². The van der Waals surface area contributed by atoms with E-state index in [1.807, 2.05) is 19.1 Å². The van der Waals surface area contributed by atoms with Gasteiger partial charge >= 0.3 is 5.97 Å². The van der Waals surface area contributed by atoms with Gasteiger partial charge in [0.15, 0.2) is 6.10 Å². The number of hydrogen-bond acceptors (Lipinski definition) is 2. The summed E-state index contributed by atoms with van der Waals surface area (Å²) >= 11 is 11.8. The van der Waals surface area contributed by atoms with Gasteiger partial charge in [0, 0.05) is 6.42 Å². The highest BCUT2D eigenvalue weighted by Crippen LogP contribution is 2.24. The molecule has 0 saturated carbocycles. The van der Waals surface area contributed by atoms with Gasteiger partial charge in [-0.1, -0.05) is 47.5 Å². The second-order valence-electron chi connectivity index (χ2n) is 4.66. The van der Waals surface area contributed by atoms with Crippen LogP contribution in [0.25, 0.3) is 0 Å². The van der Waals surface area contributed by atoms with E-state index in [4.69, 9.17) is 27.9 Å². The SMILES string of the molecule is Cc1ccccc1OC(Cc1ccc(Cl)c(Cl)c1)C(=O)O. The number of carbonyl (C=O) groups is 1. The van der Waals surface area contributed by atoms with Gasteiger partial charge < -0.3 is 9.84 Å². The van der Waals surface area contributed by atoms with Crippen LogP contribution in [-0.4, -0.2) is 17.2 Å². The molecule has 0 fully saturated rings. The Morgan fingerprint density at radius 3 is 2.52 bits per heavy atom. The Labute approximate surface area is 133 Å². The van der Waals surface area contributed by atoms with Gasteiger partial charge in [-0.2, -0.15) is 0 Å². The average molecular weight is 325 g/mol. The van der Waals surface area contributed by atoms with Gasteiger partial charge in [-0.3, -0.25) is 0 Å². The molecule has 0 aliphatic rings. The molecule has 0 spiro atoms. The lowest BCUT2D eigenvalue weighted by Crippen LogP contribution is -2.29. The predicted octanol–water partition coefficient (Wildman–Crippen LogP) is 4.38. The number of para-hydroxylation sites is 1. The van der Waals surface area contributed by atoms with Gasteiger partial charge in [-0.15, -0.1) is 0 Å². The lowest BCUT2D eigenvalue weighted by atomic mass is 10.1. The van der Waals surface area contributed by atoms with Crippen molar-refractivity contribution in [2.75, 3.05) is 0 Å². The van der Waals surface area contributed by atoms with Gasteiger partial charge in [-0.05, 0) is 36.2 Å². The van der Waals surface area contributed by atoms with Gasteiger partial charge in [0.2, 0.25) is 0 Å². The first kappa shape index (κ1) is 15.7. The molecule has 5 heteroatoms. The van der Waals surface area contributed by atoms with E-state index >= 15 is 0 Å². The minimum absolute atomic E-state index is 0.209. The number of carboxylic acids is 1. The number of aryl methyl sites for hydroxylation is 1. The molecule has 2 rings (SSSR count). The lowest BCUT2D eigenvalue weighted by molar-refractivity contribution is -0.145. The third kappa shape index (κ3) is 4.13. The number of benzene rings is 2. The molecular weight excluding hydrogens is 311 g/mol. The summed E-state index contributed by atoms with van der Waals surface area (Å²) in [6.45, 7) is 1.87. The van der Waals surface area contributed by atoms with Crippen LogP contribution in [-0.2, 0) is 11.2 Å². The number of rotatable bonds is 5. The molecule has 2 aromatic carbocycles. The van der Waals surface area contributed by atoms with Crippen LogP contribution in [0.15, 0.2) is 42.5 Å². The van der Waals surface area contributed by atoms with Crippen molar-refractivity contribution in [2.24, 2.45) is 0 Å². The van der Waals surface area contributed by atoms with E-state index < -0.39 is 12.1 Å². The molecule has 1 unspecified atom stereocenters. The molecule has 2 aromatic rings. The van der Waals surface area contributed by atoms with Gasteiger partial charge in [0.25, 0.3) is 0 Å². The first-order valence-corrected chi connectivity index (χ1v) is 7.12. The van der Waals surface area contributed by atoms with Crippen LogP contribution in [0.5, 0.6) is 5.75 Å². The summed E-state index contributed by atoms with van der Waals surface area (Å²) in [5, 5.41) is 10.2. The fourth-order valence-corrected chi connectivity index (χ4v) is 2.22. The molecular formula is C16H14Cl2O3. The van der Waals surface area contributed by atoms with Crippen molar-refractivity contribution in [3.63, 3.8) is 0 Å². The summed E-state index contributed by atoms with van der Waals surface area (Å²) in [6, 6.07) is 12.3. The Kier molecular flexibility index (Phi) is 5.10. The maximum Gasteiger partial charge on any atom is 0.345 e. The van der Waals surface area contributed by atoms with Gasteiger partial charge in [0.1, 0.15) is 5.75 Å². The highest BCUT2D eigenvalue weighted by atomic mass is 35.5. The van der Waals surface area contributed by atoms with E-state index in [-0.39, 0.29) is 6.42 Å². The third-order valence-corrected chi connectivity index (χ3v) is 3.78. The van der Waals surface area contributed by atoms with Crippen molar-refractivity contribution in [3.8, 4) is 5.75 Å². The second-order valence-corrected chi connectivity index (χ2v) is 5.48. The minimum Gasteiger partial charge on any atom is -0.478 e. The molecule has 0 amide bonds. The minimum atomic E-state index is -1.02. The van der Waals surface area contributed by atoms with Crippen molar-refractivity contribution in [1.29, 1.82) is 0 Å². The van der Waals surface area contributed by atoms with E-state index in [0.29, 0.717) is 15.8 Å². The van der Waals surface area contributed by atoms with Crippen LogP contribution in [0.2, 0.25) is 10.0 Å². The van der Waals surface area contributed by atoms with Crippen molar-refractivity contribution >= 4 is 29.2 Å². The summed E-state index contributed by atoms with van der Waals surface area (Å²) in [5.41, 5.74) is 1.64. The molecule has 21 heavy (non-hydrogen) atoms. The van der Waals surface area contributed by atoms with Crippen LogP contribution in [0.3, 0.4) is 0 Å². The smallest absolute Gasteiger partial charge is 0.345 e. The monoisotopic (exact) mass is 324 g/mol. The Morgan fingerprint density at radius 2 is 1.90 bits per heavy atom. The summed E-state index contributed by atoms with van der Waals surface area (Å²) in [4.78, 5) is 11.4. The third-order valence-electron chi connectivity index (χ3n) is 3.04. The van der Waals surface area contributed by atoms with E-state index in [1.54, 1.807) is 30.3 Å². The molecule has 0 radical (unpaired) electrons. The van der Waals surface area contributed by atoms with Crippen LogP contribution < -0.4 is 4.74 Å².